The van der Waals surface area contributed by atoms with Crippen LogP contribution in [0.1, 0.15) is 53.1 Å². The van der Waals surface area contributed by atoms with E-state index in [9.17, 15) is 0 Å². The molecule has 0 aliphatic carbocycles. The number of hydrogen-bond acceptors (Lipinski definition) is 5. The third-order valence-corrected chi connectivity index (χ3v) is 2.57. The molecule has 0 aliphatic rings. The quantitative estimate of drug-likeness (QED) is 0.775. The maximum absolute atomic E-state index is 5.27. The van der Waals surface area contributed by atoms with Crippen LogP contribution in [-0.4, -0.2) is 15.3 Å². The Morgan fingerprint density at radius 2 is 1.56 bits per heavy atom. The molecule has 2 aromatic heterocycles. The summed E-state index contributed by atoms with van der Waals surface area (Å²) in [5, 5.41) is 7.97. The van der Waals surface area contributed by atoms with Gasteiger partial charge in [-0.3, -0.25) is 0 Å². The van der Waals surface area contributed by atoms with E-state index in [0.717, 1.165) is 5.69 Å². The van der Waals surface area contributed by atoms with E-state index in [-0.39, 0.29) is 10.8 Å². The maximum Gasteiger partial charge on any atom is 0.241 e. The summed E-state index contributed by atoms with van der Waals surface area (Å²) in [5.41, 5.74) is 0.649. The van der Waals surface area contributed by atoms with E-state index in [2.05, 4.69) is 36.1 Å². The molecule has 0 unspecified atom stereocenters. The molecule has 5 heteroatoms. The molecule has 0 amide bonds. The standard InChI is InChI=1S/C13H19N3O2/c1-12(2,3)9-7-8(17-15-9)10-14-11(18-16-10)13(4,5)6/h7H,1-6H3. The highest BCUT2D eigenvalue weighted by Gasteiger charge is 2.25. The Kier molecular flexibility index (Phi) is 2.80. The van der Waals surface area contributed by atoms with Crippen LogP contribution in [0.4, 0.5) is 0 Å². The molecule has 0 atom stereocenters. The van der Waals surface area contributed by atoms with Crippen molar-refractivity contribution in [2.75, 3.05) is 0 Å². The van der Waals surface area contributed by atoms with Gasteiger partial charge < -0.3 is 9.05 Å². The molecular formula is C13H19N3O2. The molecule has 18 heavy (non-hydrogen) atoms. The van der Waals surface area contributed by atoms with Gasteiger partial charge in [0, 0.05) is 16.9 Å². The molecule has 0 spiro atoms. The first-order valence-corrected chi connectivity index (χ1v) is 6.00. The van der Waals surface area contributed by atoms with Crippen LogP contribution >= 0.6 is 0 Å². The highest BCUT2D eigenvalue weighted by atomic mass is 16.5. The minimum atomic E-state index is -0.169. The van der Waals surface area contributed by atoms with Gasteiger partial charge in [-0.15, -0.1) is 0 Å². The lowest BCUT2D eigenvalue weighted by atomic mass is 9.92. The van der Waals surface area contributed by atoms with E-state index < -0.39 is 0 Å². The van der Waals surface area contributed by atoms with Gasteiger partial charge in [-0.05, 0) is 0 Å². The fraction of sp³-hybridized carbons (Fsp3) is 0.615. The lowest BCUT2D eigenvalue weighted by Crippen LogP contribution is -2.11. The third kappa shape index (κ3) is 2.44. The predicted molar refractivity (Wildman–Crippen MR) is 67.2 cm³/mol. The van der Waals surface area contributed by atoms with Gasteiger partial charge in [0.15, 0.2) is 0 Å². The van der Waals surface area contributed by atoms with Crippen molar-refractivity contribution in [2.45, 2.75) is 52.4 Å². The molecule has 5 nitrogen and oxygen atoms in total. The van der Waals surface area contributed by atoms with Gasteiger partial charge in [0.1, 0.15) is 0 Å². The molecule has 0 saturated carbocycles. The van der Waals surface area contributed by atoms with Crippen LogP contribution in [0, 0.1) is 0 Å². The summed E-state index contributed by atoms with van der Waals surface area (Å²) in [6, 6.07) is 1.86. The zero-order valence-electron chi connectivity index (χ0n) is 11.7. The Bertz CT molecular complexity index is 491. The molecular weight excluding hydrogens is 230 g/mol. The van der Waals surface area contributed by atoms with Gasteiger partial charge in [0.05, 0.1) is 5.69 Å². The van der Waals surface area contributed by atoms with Crippen LogP contribution in [0.3, 0.4) is 0 Å². The Morgan fingerprint density at radius 1 is 0.889 bits per heavy atom. The van der Waals surface area contributed by atoms with Gasteiger partial charge in [-0.1, -0.05) is 51.9 Å². The van der Waals surface area contributed by atoms with Crippen molar-refractivity contribution >= 4 is 0 Å². The minimum absolute atomic E-state index is 0.0572. The van der Waals surface area contributed by atoms with Gasteiger partial charge in [0.25, 0.3) is 0 Å². The van der Waals surface area contributed by atoms with Crippen molar-refractivity contribution in [1.29, 1.82) is 0 Å². The smallest absolute Gasteiger partial charge is 0.241 e. The monoisotopic (exact) mass is 249 g/mol. The lowest BCUT2D eigenvalue weighted by molar-refractivity contribution is 0.320. The van der Waals surface area contributed by atoms with Crippen LogP contribution < -0.4 is 0 Å². The topological polar surface area (TPSA) is 65.0 Å². The van der Waals surface area contributed by atoms with E-state index in [1.54, 1.807) is 0 Å². The van der Waals surface area contributed by atoms with Crippen molar-refractivity contribution in [1.82, 2.24) is 15.3 Å². The van der Waals surface area contributed by atoms with Gasteiger partial charge in [-0.2, -0.15) is 4.98 Å². The fourth-order valence-electron chi connectivity index (χ4n) is 1.36. The summed E-state index contributed by atoms with van der Waals surface area (Å²) in [7, 11) is 0. The van der Waals surface area contributed by atoms with Crippen LogP contribution in [0.25, 0.3) is 11.6 Å². The number of nitrogens with zero attached hydrogens (tertiary/aromatic N) is 3. The Labute approximate surface area is 107 Å². The highest BCUT2D eigenvalue weighted by molar-refractivity contribution is 5.46. The third-order valence-electron chi connectivity index (χ3n) is 2.57. The zero-order valence-corrected chi connectivity index (χ0v) is 11.7. The van der Waals surface area contributed by atoms with E-state index in [4.69, 9.17) is 9.05 Å². The summed E-state index contributed by atoms with van der Waals surface area (Å²) in [5.74, 6) is 1.58. The molecule has 0 fully saturated rings. The predicted octanol–water partition coefficient (Wildman–Crippen LogP) is 3.32. The first kappa shape index (κ1) is 12.8. The van der Waals surface area contributed by atoms with Crippen LogP contribution in [0.15, 0.2) is 15.1 Å². The largest absolute Gasteiger partial charge is 0.352 e. The highest BCUT2D eigenvalue weighted by Crippen LogP contribution is 2.27. The van der Waals surface area contributed by atoms with E-state index in [1.165, 1.54) is 0 Å². The second kappa shape index (κ2) is 3.93. The van der Waals surface area contributed by atoms with E-state index in [1.807, 2.05) is 26.8 Å². The van der Waals surface area contributed by atoms with E-state index in [0.29, 0.717) is 17.5 Å². The van der Waals surface area contributed by atoms with Gasteiger partial charge in [0.2, 0.25) is 17.5 Å². The molecule has 0 N–H and O–H groups in total. The van der Waals surface area contributed by atoms with Gasteiger partial charge in [-0.25, -0.2) is 0 Å². The SMILES string of the molecule is CC(C)(C)c1cc(-c2noc(C(C)(C)C)n2)on1. The van der Waals surface area contributed by atoms with E-state index >= 15 is 0 Å². The molecule has 0 radical (unpaired) electrons. The molecule has 2 aromatic rings. The first-order chi connectivity index (χ1) is 8.18. The van der Waals surface area contributed by atoms with Crippen molar-refractivity contribution in [2.24, 2.45) is 0 Å². The normalized spacial score (nSPS) is 13.0. The Hall–Kier alpha value is -1.65. The summed E-state index contributed by atoms with van der Waals surface area (Å²) in [4.78, 5) is 4.34. The fourth-order valence-corrected chi connectivity index (χ4v) is 1.36. The summed E-state index contributed by atoms with van der Waals surface area (Å²) >= 11 is 0. The molecule has 0 saturated heterocycles. The Balaban J connectivity index is 2.33. The summed E-state index contributed by atoms with van der Waals surface area (Å²) in [6.45, 7) is 12.3. The average Bonchev–Trinajstić information content (AvgIpc) is 2.84. The van der Waals surface area contributed by atoms with Crippen molar-refractivity contribution in [3.8, 4) is 11.6 Å². The van der Waals surface area contributed by atoms with Crippen LogP contribution in [-0.2, 0) is 10.8 Å². The number of hydrogen-bond donors (Lipinski definition) is 0. The first-order valence-electron chi connectivity index (χ1n) is 6.00. The van der Waals surface area contributed by atoms with Crippen molar-refractivity contribution < 1.29 is 9.05 Å². The number of aromatic nitrogens is 3. The molecule has 0 bridgehead atoms. The van der Waals surface area contributed by atoms with Gasteiger partial charge >= 0.3 is 0 Å². The lowest BCUT2D eigenvalue weighted by Gasteiger charge is -2.12. The second-order valence-electron chi connectivity index (χ2n) is 6.50. The van der Waals surface area contributed by atoms with Crippen LogP contribution in [0.2, 0.25) is 0 Å². The molecule has 0 aromatic carbocycles. The molecule has 0 aliphatic heterocycles. The molecule has 2 rings (SSSR count). The number of rotatable bonds is 1. The van der Waals surface area contributed by atoms with Crippen LogP contribution in [0.5, 0.6) is 0 Å². The van der Waals surface area contributed by atoms with Crippen molar-refractivity contribution in [3.05, 3.63) is 17.7 Å². The molecule has 98 valence electrons. The summed E-state index contributed by atoms with van der Waals surface area (Å²) < 4.78 is 10.5. The zero-order chi connectivity index (χ0) is 13.6. The summed E-state index contributed by atoms with van der Waals surface area (Å²) in [6.07, 6.45) is 0. The second-order valence-corrected chi connectivity index (χ2v) is 6.50. The molecule has 2 heterocycles. The van der Waals surface area contributed by atoms with Crippen molar-refractivity contribution in [3.63, 3.8) is 0 Å². The minimum Gasteiger partial charge on any atom is -0.352 e. The maximum atomic E-state index is 5.27. The Morgan fingerprint density at radius 3 is 2.00 bits per heavy atom. The average molecular weight is 249 g/mol.